The Labute approximate surface area is 109 Å². The van der Waals surface area contributed by atoms with E-state index in [1.165, 1.54) is 6.33 Å². The maximum Gasteiger partial charge on any atom is 0.348 e. The Kier molecular flexibility index (Phi) is 3.36. The highest BCUT2D eigenvalue weighted by Crippen LogP contribution is 2.35. The van der Waals surface area contributed by atoms with Crippen LogP contribution in [-0.2, 0) is 4.74 Å². The molecule has 0 unspecified atom stereocenters. The minimum Gasteiger partial charge on any atom is -0.377 e. The molecule has 1 saturated heterocycles. The fourth-order valence-corrected chi connectivity index (χ4v) is 2.15. The largest absolute Gasteiger partial charge is 0.377 e. The Morgan fingerprint density at radius 3 is 2.89 bits per heavy atom. The third-order valence-corrected chi connectivity index (χ3v) is 3.12. The smallest absolute Gasteiger partial charge is 0.348 e. The second kappa shape index (κ2) is 4.66. The second-order valence-electron chi connectivity index (χ2n) is 4.61. The van der Waals surface area contributed by atoms with Crippen molar-refractivity contribution in [1.82, 2.24) is 9.97 Å². The number of halogens is 1. The summed E-state index contributed by atoms with van der Waals surface area (Å²) in [5.74, 6) is 0.244. The third kappa shape index (κ3) is 2.23. The average Bonchev–Trinajstić information content (AvgIpc) is 2.27. The van der Waals surface area contributed by atoms with Gasteiger partial charge in [0.2, 0.25) is 11.0 Å². The number of hydrogen-bond acceptors (Lipinski definition) is 6. The first-order valence-corrected chi connectivity index (χ1v) is 5.81. The van der Waals surface area contributed by atoms with Gasteiger partial charge in [-0.25, -0.2) is 9.97 Å². The van der Waals surface area contributed by atoms with Crippen LogP contribution in [-0.4, -0.2) is 40.2 Å². The lowest BCUT2D eigenvalue weighted by molar-refractivity contribution is -0.384. The number of aromatic nitrogens is 2. The number of nitro groups is 1. The van der Waals surface area contributed by atoms with Crippen molar-refractivity contribution in [2.45, 2.75) is 19.4 Å². The molecule has 0 saturated carbocycles. The van der Waals surface area contributed by atoms with Gasteiger partial charge in [-0.15, -0.1) is 0 Å². The zero-order valence-corrected chi connectivity index (χ0v) is 10.8. The molecule has 0 aromatic carbocycles. The monoisotopic (exact) mass is 272 g/mol. The molecule has 0 N–H and O–H groups in total. The minimum absolute atomic E-state index is 0.146. The molecule has 0 spiro atoms. The molecule has 98 valence electrons. The summed E-state index contributed by atoms with van der Waals surface area (Å²) in [5.41, 5.74) is -0.630. The van der Waals surface area contributed by atoms with Gasteiger partial charge < -0.3 is 9.64 Å². The molecular weight excluding hydrogens is 260 g/mol. The third-order valence-electron chi connectivity index (χ3n) is 2.84. The van der Waals surface area contributed by atoms with Crippen LogP contribution in [0.2, 0.25) is 5.15 Å². The van der Waals surface area contributed by atoms with Gasteiger partial charge in [-0.05, 0) is 13.8 Å². The highest BCUT2D eigenvalue weighted by molar-refractivity contribution is 6.31. The van der Waals surface area contributed by atoms with Gasteiger partial charge in [0, 0.05) is 6.54 Å². The van der Waals surface area contributed by atoms with Crippen LogP contribution in [0.25, 0.3) is 0 Å². The molecule has 0 aliphatic carbocycles. The van der Waals surface area contributed by atoms with Gasteiger partial charge in [-0.3, -0.25) is 10.1 Å². The Morgan fingerprint density at radius 1 is 1.56 bits per heavy atom. The number of morpholine rings is 1. The number of hydrogen-bond donors (Lipinski definition) is 0. The normalized spacial score (nSPS) is 18.7. The zero-order valence-electron chi connectivity index (χ0n) is 10.1. The molecule has 2 heterocycles. The molecule has 0 bridgehead atoms. The number of anilines is 1. The van der Waals surface area contributed by atoms with E-state index in [0.717, 1.165) is 0 Å². The van der Waals surface area contributed by atoms with E-state index in [-0.39, 0.29) is 22.2 Å². The molecule has 0 radical (unpaired) electrons. The summed E-state index contributed by atoms with van der Waals surface area (Å²) >= 11 is 5.79. The van der Waals surface area contributed by atoms with E-state index in [4.69, 9.17) is 16.3 Å². The van der Waals surface area contributed by atoms with Gasteiger partial charge in [-0.1, -0.05) is 11.6 Å². The molecular formula is C10H13ClN4O3. The molecule has 0 atom stereocenters. The lowest BCUT2D eigenvalue weighted by Gasteiger charge is -2.42. The average molecular weight is 273 g/mol. The molecule has 1 aliphatic heterocycles. The van der Waals surface area contributed by atoms with Crippen molar-refractivity contribution >= 4 is 23.1 Å². The van der Waals surface area contributed by atoms with E-state index in [9.17, 15) is 10.1 Å². The topological polar surface area (TPSA) is 81.4 Å². The summed E-state index contributed by atoms with van der Waals surface area (Å²) in [5, 5.41) is 10.9. The van der Waals surface area contributed by atoms with Crippen LogP contribution in [0, 0.1) is 10.1 Å². The molecule has 1 fully saturated rings. The quantitative estimate of drug-likeness (QED) is 0.463. The molecule has 0 amide bonds. The minimum atomic E-state index is -0.552. The van der Waals surface area contributed by atoms with Crippen LogP contribution in [0.4, 0.5) is 11.5 Å². The van der Waals surface area contributed by atoms with Crippen molar-refractivity contribution in [3.05, 3.63) is 21.6 Å². The Morgan fingerprint density at radius 2 is 2.28 bits per heavy atom. The van der Waals surface area contributed by atoms with Gasteiger partial charge in [0.15, 0.2) is 0 Å². The van der Waals surface area contributed by atoms with E-state index < -0.39 is 4.92 Å². The summed E-state index contributed by atoms with van der Waals surface area (Å²) in [4.78, 5) is 20.0. The van der Waals surface area contributed by atoms with E-state index in [1.54, 1.807) is 0 Å². The van der Waals surface area contributed by atoms with Gasteiger partial charge in [0.25, 0.3) is 0 Å². The van der Waals surface area contributed by atoms with Crippen molar-refractivity contribution in [1.29, 1.82) is 0 Å². The van der Waals surface area contributed by atoms with Crippen LogP contribution in [0.3, 0.4) is 0 Å². The summed E-state index contributed by atoms with van der Waals surface area (Å²) < 4.78 is 5.38. The summed E-state index contributed by atoms with van der Waals surface area (Å²) in [6.45, 7) is 5.38. The first-order valence-electron chi connectivity index (χ1n) is 5.44. The van der Waals surface area contributed by atoms with Crippen LogP contribution in [0.15, 0.2) is 6.33 Å². The summed E-state index contributed by atoms with van der Waals surface area (Å²) in [7, 11) is 0. The molecule has 1 aromatic rings. The zero-order chi connectivity index (χ0) is 13.3. The first kappa shape index (κ1) is 13.0. The maximum atomic E-state index is 11.1. The van der Waals surface area contributed by atoms with Crippen LogP contribution < -0.4 is 4.90 Å². The van der Waals surface area contributed by atoms with Crippen molar-refractivity contribution < 1.29 is 9.66 Å². The Bertz CT molecular complexity index is 480. The molecule has 1 aromatic heterocycles. The predicted molar refractivity (Wildman–Crippen MR) is 65.9 cm³/mol. The van der Waals surface area contributed by atoms with Crippen molar-refractivity contribution in [3.63, 3.8) is 0 Å². The van der Waals surface area contributed by atoms with Gasteiger partial charge in [0.05, 0.1) is 23.7 Å². The molecule has 2 rings (SSSR count). The molecule has 18 heavy (non-hydrogen) atoms. The number of ether oxygens (including phenoxy) is 1. The van der Waals surface area contributed by atoms with Crippen molar-refractivity contribution in [2.75, 3.05) is 24.7 Å². The molecule has 8 heteroatoms. The van der Waals surface area contributed by atoms with Gasteiger partial charge in [-0.2, -0.15) is 0 Å². The van der Waals surface area contributed by atoms with E-state index in [1.807, 2.05) is 18.7 Å². The predicted octanol–water partition coefficient (Wildman–Crippen LogP) is 1.65. The van der Waals surface area contributed by atoms with Crippen LogP contribution >= 0.6 is 11.6 Å². The Hall–Kier alpha value is -1.47. The van der Waals surface area contributed by atoms with Crippen molar-refractivity contribution in [2.24, 2.45) is 0 Å². The molecule has 7 nitrogen and oxygen atoms in total. The van der Waals surface area contributed by atoms with E-state index in [2.05, 4.69) is 9.97 Å². The van der Waals surface area contributed by atoms with Crippen LogP contribution in [0.5, 0.6) is 0 Å². The lowest BCUT2D eigenvalue weighted by atomic mass is 10.0. The first-order chi connectivity index (χ1) is 8.43. The van der Waals surface area contributed by atoms with Gasteiger partial charge in [0.1, 0.15) is 6.33 Å². The van der Waals surface area contributed by atoms with E-state index >= 15 is 0 Å². The van der Waals surface area contributed by atoms with Crippen molar-refractivity contribution in [3.8, 4) is 0 Å². The standard InChI is InChI=1S/C10H13ClN4O3/c1-10(2)5-18-4-3-14(10)9-7(15(16)17)8(11)12-6-13-9/h6H,3-5H2,1-2H3. The lowest BCUT2D eigenvalue weighted by Crippen LogP contribution is -2.53. The fraction of sp³-hybridized carbons (Fsp3) is 0.600. The van der Waals surface area contributed by atoms with Gasteiger partial charge >= 0.3 is 5.69 Å². The van der Waals surface area contributed by atoms with E-state index in [0.29, 0.717) is 19.8 Å². The SMILES string of the molecule is CC1(C)COCCN1c1ncnc(Cl)c1[N+](=O)[O-]. The highest BCUT2D eigenvalue weighted by atomic mass is 35.5. The Balaban J connectivity index is 2.50. The highest BCUT2D eigenvalue weighted by Gasteiger charge is 2.36. The molecule has 1 aliphatic rings. The number of nitrogens with zero attached hydrogens (tertiary/aromatic N) is 4. The number of rotatable bonds is 2. The van der Waals surface area contributed by atoms with Crippen LogP contribution in [0.1, 0.15) is 13.8 Å². The second-order valence-corrected chi connectivity index (χ2v) is 4.97. The summed E-state index contributed by atoms with van der Waals surface area (Å²) in [6.07, 6.45) is 1.23. The fourth-order valence-electron chi connectivity index (χ4n) is 1.95. The maximum absolute atomic E-state index is 11.1. The summed E-state index contributed by atoms with van der Waals surface area (Å²) in [6, 6.07) is 0.